The number of likely N-dealkylation sites (tertiary alicyclic amines) is 1. The van der Waals surface area contributed by atoms with Gasteiger partial charge in [-0.2, -0.15) is 0 Å². The highest BCUT2D eigenvalue weighted by Gasteiger charge is 2.46. The molecule has 1 aliphatic rings. The maximum atomic E-state index is 14.3. The number of quaternary nitrogens is 1. The molecule has 1 saturated heterocycles. The van der Waals surface area contributed by atoms with Crippen LogP contribution in [0.25, 0.3) is 0 Å². The number of carbonyl (C=O) groups excluding carboxylic acids is 1. The number of aryl methyl sites for hydroxylation is 2. The average Bonchev–Trinajstić information content (AvgIpc) is 2.58. The van der Waals surface area contributed by atoms with Gasteiger partial charge in [0.2, 0.25) is 0 Å². The van der Waals surface area contributed by atoms with Crippen molar-refractivity contribution in [1.29, 1.82) is 0 Å². The standard InChI is InChI=1S/C22H26F2N2O/c1-17-8-6-9-18(2)21(17)25-20(27)15-26(13-7-12-22(23,24)16-26)14-19-10-4-3-5-11-19/h3-6,8-11H,7,12-16H2,1-2H3/p+1/t26-/m0/s1. The smallest absolute Gasteiger partial charge is 0.295 e. The van der Waals surface area contributed by atoms with E-state index in [1.54, 1.807) is 0 Å². The molecule has 0 radical (unpaired) electrons. The van der Waals surface area contributed by atoms with Crippen LogP contribution in [0.4, 0.5) is 14.5 Å². The monoisotopic (exact) mass is 373 g/mol. The SMILES string of the molecule is Cc1cccc(C)c1NC(=O)C[N@@+]1(Cc2ccccc2)CCCC(F)(F)C1. The number of benzene rings is 2. The molecular weight excluding hydrogens is 346 g/mol. The summed E-state index contributed by atoms with van der Waals surface area (Å²) < 4.78 is 28.6. The lowest BCUT2D eigenvalue weighted by Gasteiger charge is -2.43. The molecule has 144 valence electrons. The van der Waals surface area contributed by atoms with Gasteiger partial charge in [-0.1, -0.05) is 48.5 Å². The van der Waals surface area contributed by atoms with E-state index in [0.29, 0.717) is 19.5 Å². The molecule has 1 aliphatic heterocycles. The van der Waals surface area contributed by atoms with Crippen molar-refractivity contribution in [1.82, 2.24) is 0 Å². The molecule has 1 atom stereocenters. The van der Waals surface area contributed by atoms with Crippen LogP contribution < -0.4 is 5.32 Å². The fraction of sp³-hybridized carbons (Fsp3) is 0.409. The Morgan fingerprint density at radius 3 is 2.37 bits per heavy atom. The molecule has 27 heavy (non-hydrogen) atoms. The molecule has 0 aliphatic carbocycles. The molecule has 1 heterocycles. The van der Waals surface area contributed by atoms with Crippen molar-refractivity contribution in [2.45, 2.75) is 39.2 Å². The zero-order chi connectivity index (χ0) is 19.5. The predicted molar refractivity (Wildman–Crippen MR) is 104 cm³/mol. The zero-order valence-electron chi connectivity index (χ0n) is 16.0. The molecule has 0 bridgehead atoms. The van der Waals surface area contributed by atoms with Crippen LogP contribution in [0.1, 0.15) is 29.5 Å². The number of nitrogens with zero attached hydrogens (tertiary/aromatic N) is 1. The average molecular weight is 373 g/mol. The van der Waals surface area contributed by atoms with Crippen molar-refractivity contribution in [2.24, 2.45) is 0 Å². The highest BCUT2D eigenvalue weighted by molar-refractivity contribution is 5.93. The van der Waals surface area contributed by atoms with Crippen molar-refractivity contribution in [3.8, 4) is 0 Å². The Balaban J connectivity index is 1.82. The number of hydrogen-bond acceptors (Lipinski definition) is 1. The van der Waals surface area contributed by atoms with E-state index in [4.69, 9.17) is 0 Å². The number of carbonyl (C=O) groups is 1. The summed E-state index contributed by atoms with van der Waals surface area (Å²) >= 11 is 0. The minimum atomic E-state index is -2.73. The van der Waals surface area contributed by atoms with Crippen molar-refractivity contribution in [2.75, 3.05) is 25.0 Å². The van der Waals surface area contributed by atoms with E-state index in [0.717, 1.165) is 22.4 Å². The number of hydrogen-bond donors (Lipinski definition) is 1. The highest BCUT2D eigenvalue weighted by atomic mass is 19.3. The van der Waals surface area contributed by atoms with Crippen LogP contribution in [0.15, 0.2) is 48.5 Å². The fourth-order valence-electron chi connectivity index (χ4n) is 4.11. The topological polar surface area (TPSA) is 29.1 Å². The highest BCUT2D eigenvalue weighted by Crippen LogP contribution is 2.33. The predicted octanol–water partition coefficient (Wildman–Crippen LogP) is 4.69. The molecule has 3 rings (SSSR count). The quantitative estimate of drug-likeness (QED) is 0.757. The summed E-state index contributed by atoms with van der Waals surface area (Å²) in [4.78, 5) is 12.8. The number of alkyl halides is 2. The van der Waals surface area contributed by atoms with Crippen LogP contribution in [-0.2, 0) is 11.3 Å². The van der Waals surface area contributed by atoms with Gasteiger partial charge in [-0.15, -0.1) is 0 Å². The van der Waals surface area contributed by atoms with E-state index in [1.165, 1.54) is 0 Å². The molecule has 0 aromatic heterocycles. The van der Waals surface area contributed by atoms with Gasteiger partial charge in [0, 0.05) is 24.1 Å². The van der Waals surface area contributed by atoms with Crippen LogP contribution in [0.3, 0.4) is 0 Å². The first kappa shape index (κ1) is 19.5. The fourth-order valence-corrected chi connectivity index (χ4v) is 4.11. The second-order valence-electron chi connectivity index (χ2n) is 7.80. The maximum absolute atomic E-state index is 14.3. The molecule has 2 aromatic rings. The number of nitrogens with one attached hydrogen (secondary N) is 1. The number of anilines is 1. The first-order chi connectivity index (χ1) is 12.8. The summed E-state index contributed by atoms with van der Waals surface area (Å²) in [6, 6.07) is 15.4. The van der Waals surface area contributed by atoms with E-state index >= 15 is 0 Å². The normalized spacial score (nSPS) is 21.6. The van der Waals surface area contributed by atoms with Crippen molar-refractivity contribution in [3.05, 3.63) is 65.2 Å². The molecule has 2 aromatic carbocycles. The minimum Gasteiger partial charge on any atom is -0.321 e. The van der Waals surface area contributed by atoms with E-state index in [2.05, 4.69) is 5.32 Å². The Kier molecular flexibility index (Phi) is 5.61. The summed E-state index contributed by atoms with van der Waals surface area (Å²) in [7, 11) is 0. The number of halogens is 2. The summed E-state index contributed by atoms with van der Waals surface area (Å²) in [5.74, 6) is -2.94. The van der Waals surface area contributed by atoms with Crippen molar-refractivity contribution in [3.63, 3.8) is 0 Å². The Bertz CT molecular complexity index is 787. The van der Waals surface area contributed by atoms with Crippen LogP contribution in [0.5, 0.6) is 0 Å². The maximum Gasteiger partial charge on any atom is 0.295 e. The lowest BCUT2D eigenvalue weighted by Crippen LogP contribution is -2.60. The van der Waals surface area contributed by atoms with Crippen LogP contribution in [0.2, 0.25) is 0 Å². The number of piperidine rings is 1. The molecule has 1 N–H and O–H groups in total. The van der Waals surface area contributed by atoms with E-state index in [9.17, 15) is 13.6 Å². The van der Waals surface area contributed by atoms with Crippen LogP contribution in [-0.4, -0.2) is 35.9 Å². The van der Waals surface area contributed by atoms with E-state index in [-0.39, 0.29) is 29.9 Å². The van der Waals surface area contributed by atoms with Gasteiger partial charge in [0.05, 0.1) is 6.54 Å². The van der Waals surface area contributed by atoms with E-state index < -0.39 is 5.92 Å². The summed E-state index contributed by atoms with van der Waals surface area (Å²) in [6.07, 6.45) is 0.330. The van der Waals surface area contributed by atoms with Crippen molar-refractivity contribution >= 4 is 11.6 Å². The van der Waals surface area contributed by atoms with Crippen LogP contribution in [0, 0.1) is 13.8 Å². The number of rotatable bonds is 5. The Morgan fingerprint density at radius 2 is 1.74 bits per heavy atom. The largest absolute Gasteiger partial charge is 0.321 e. The zero-order valence-corrected chi connectivity index (χ0v) is 16.0. The summed E-state index contributed by atoms with van der Waals surface area (Å²) in [5.41, 5.74) is 3.71. The molecule has 0 saturated carbocycles. The lowest BCUT2D eigenvalue weighted by molar-refractivity contribution is -0.945. The molecule has 0 unspecified atom stereocenters. The summed E-state index contributed by atoms with van der Waals surface area (Å²) in [6.45, 7) is 4.67. The van der Waals surface area contributed by atoms with Gasteiger partial charge in [-0.3, -0.25) is 4.79 Å². The summed E-state index contributed by atoms with van der Waals surface area (Å²) in [5, 5.41) is 2.96. The minimum absolute atomic E-state index is 0.0538. The molecule has 3 nitrogen and oxygen atoms in total. The second kappa shape index (κ2) is 7.77. The molecule has 1 amide bonds. The van der Waals surface area contributed by atoms with Gasteiger partial charge >= 0.3 is 0 Å². The van der Waals surface area contributed by atoms with E-state index in [1.807, 2.05) is 62.4 Å². The van der Waals surface area contributed by atoms with Gasteiger partial charge in [0.15, 0.2) is 6.54 Å². The van der Waals surface area contributed by atoms with Gasteiger partial charge < -0.3 is 9.80 Å². The van der Waals surface area contributed by atoms with Crippen LogP contribution >= 0.6 is 0 Å². The van der Waals surface area contributed by atoms with Gasteiger partial charge in [0.1, 0.15) is 13.1 Å². The van der Waals surface area contributed by atoms with Gasteiger partial charge in [-0.25, -0.2) is 8.78 Å². The third kappa shape index (κ3) is 4.92. The first-order valence-corrected chi connectivity index (χ1v) is 9.42. The molecule has 5 heteroatoms. The Morgan fingerprint density at radius 1 is 1.07 bits per heavy atom. The Labute approximate surface area is 159 Å². The third-order valence-corrected chi connectivity index (χ3v) is 5.33. The molecule has 0 spiro atoms. The number of amides is 1. The van der Waals surface area contributed by atoms with Gasteiger partial charge in [0.25, 0.3) is 11.8 Å². The Hall–Kier alpha value is -2.27. The van der Waals surface area contributed by atoms with Gasteiger partial charge in [-0.05, 0) is 25.0 Å². The molecular formula is C22H27F2N2O+. The first-order valence-electron chi connectivity index (χ1n) is 9.42. The number of para-hydroxylation sites is 1. The third-order valence-electron chi connectivity index (χ3n) is 5.33. The second-order valence-corrected chi connectivity index (χ2v) is 7.80. The molecule has 1 fully saturated rings. The lowest BCUT2D eigenvalue weighted by atomic mass is 10.0. The van der Waals surface area contributed by atoms with Crippen molar-refractivity contribution < 1.29 is 18.1 Å².